The maximum absolute atomic E-state index is 4.74. The quantitative estimate of drug-likeness (QED) is 0.737. The van der Waals surface area contributed by atoms with Crippen molar-refractivity contribution in [2.45, 2.75) is 25.8 Å². The molecule has 0 bridgehead atoms. The fourth-order valence-electron chi connectivity index (χ4n) is 2.92. The first-order valence-corrected chi connectivity index (χ1v) is 7.16. The number of imidazole rings is 1. The minimum atomic E-state index is 0.255. The molecular formula is C17H17N3. The lowest BCUT2D eigenvalue weighted by atomic mass is 10.1. The second-order valence-electron chi connectivity index (χ2n) is 5.39. The molecule has 4 rings (SSSR count). The van der Waals surface area contributed by atoms with Gasteiger partial charge in [-0.1, -0.05) is 31.2 Å². The van der Waals surface area contributed by atoms with Gasteiger partial charge in [0.05, 0.1) is 17.1 Å². The van der Waals surface area contributed by atoms with Gasteiger partial charge in [0, 0.05) is 12.1 Å². The summed E-state index contributed by atoms with van der Waals surface area (Å²) in [5.41, 5.74) is 6.13. The van der Waals surface area contributed by atoms with E-state index in [4.69, 9.17) is 4.98 Å². The highest BCUT2D eigenvalue weighted by molar-refractivity contribution is 5.76. The van der Waals surface area contributed by atoms with Crippen LogP contribution in [0.2, 0.25) is 0 Å². The number of aromatic nitrogens is 2. The SMILES string of the molecule is CCc1ccc2nc(C3Cc4ccccc4N3)[nH]c2c1. The van der Waals surface area contributed by atoms with Crippen LogP contribution in [0.25, 0.3) is 11.0 Å². The second-order valence-corrected chi connectivity index (χ2v) is 5.39. The van der Waals surface area contributed by atoms with Crippen molar-refractivity contribution in [3.05, 3.63) is 59.4 Å². The zero-order chi connectivity index (χ0) is 13.5. The number of hydrogen-bond acceptors (Lipinski definition) is 2. The van der Waals surface area contributed by atoms with Gasteiger partial charge in [-0.05, 0) is 35.7 Å². The van der Waals surface area contributed by atoms with Gasteiger partial charge in [0.2, 0.25) is 0 Å². The smallest absolute Gasteiger partial charge is 0.130 e. The van der Waals surface area contributed by atoms with E-state index < -0.39 is 0 Å². The van der Waals surface area contributed by atoms with Crippen LogP contribution in [0.3, 0.4) is 0 Å². The van der Waals surface area contributed by atoms with Gasteiger partial charge < -0.3 is 10.3 Å². The van der Waals surface area contributed by atoms with Crippen LogP contribution >= 0.6 is 0 Å². The Morgan fingerprint density at radius 1 is 1.20 bits per heavy atom. The average Bonchev–Trinajstić information content (AvgIpc) is 3.09. The van der Waals surface area contributed by atoms with Crippen LogP contribution in [0.1, 0.15) is 29.9 Å². The molecule has 3 heteroatoms. The van der Waals surface area contributed by atoms with Crippen LogP contribution in [0.5, 0.6) is 0 Å². The molecule has 1 aliphatic heterocycles. The predicted octanol–water partition coefficient (Wildman–Crippen LogP) is 3.83. The zero-order valence-electron chi connectivity index (χ0n) is 11.5. The van der Waals surface area contributed by atoms with Gasteiger partial charge >= 0.3 is 0 Å². The molecule has 0 aliphatic carbocycles. The number of fused-ring (bicyclic) bond motifs is 2. The number of aryl methyl sites for hydroxylation is 1. The van der Waals surface area contributed by atoms with Crippen LogP contribution in [0, 0.1) is 0 Å². The van der Waals surface area contributed by atoms with E-state index in [1.54, 1.807) is 0 Å². The first kappa shape index (κ1) is 11.5. The highest BCUT2D eigenvalue weighted by atomic mass is 15.0. The molecule has 0 saturated heterocycles. The lowest BCUT2D eigenvalue weighted by molar-refractivity contribution is 0.768. The summed E-state index contributed by atoms with van der Waals surface area (Å²) in [5, 5.41) is 3.55. The van der Waals surface area contributed by atoms with Gasteiger partial charge in [-0.25, -0.2) is 4.98 Å². The molecule has 1 unspecified atom stereocenters. The van der Waals surface area contributed by atoms with Gasteiger partial charge in [0.15, 0.2) is 0 Å². The van der Waals surface area contributed by atoms with Crippen LogP contribution in [0.15, 0.2) is 42.5 Å². The third kappa shape index (κ3) is 1.78. The number of nitrogens with zero attached hydrogens (tertiary/aromatic N) is 1. The van der Waals surface area contributed by atoms with Crippen LogP contribution < -0.4 is 5.32 Å². The van der Waals surface area contributed by atoms with E-state index in [9.17, 15) is 0 Å². The number of para-hydroxylation sites is 1. The number of benzene rings is 2. The Morgan fingerprint density at radius 2 is 2.10 bits per heavy atom. The Morgan fingerprint density at radius 3 is 2.95 bits per heavy atom. The maximum Gasteiger partial charge on any atom is 0.130 e. The molecule has 100 valence electrons. The van der Waals surface area contributed by atoms with E-state index in [0.29, 0.717) is 0 Å². The van der Waals surface area contributed by atoms with Crippen LogP contribution in [-0.4, -0.2) is 9.97 Å². The van der Waals surface area contributed by atoms with Crippen molar-refractivity contribution >= 4 is 16.7 Å². The number of nitrogens with one attached hydrogen (secondary N) is 2. The zero-order valence-corrected chi connectivity index (χ0v) is 11.5. The van der Waals surface area contributed by atoms with E-state index in [1.807, 2.05) is 0 Å². The van der Waals surface area contributed by atoms with Gasteiger partial charge in [0.25, 0.3) is 0 Å². The number of aromatic amines is 1. The first-order valence-electron chi connectivity index (χ1n) is 7.16. The molecule has 0 saturated carbocycles. The van der Waals surface area contributed by atoms with E-state index >= 15 is 0 Å². The van der Waals surface area contributed by atoms with Crippen molar-refractivity contribution in [2.75, 3.05) is 5.32 Å². The standard InChI is InChI=1S/C17H17N3/c1-2-11-7-8-14-15(9-11)20-17(19-14)16-10-12-5-3-4-6-13(12)18-16/h3-9,16,18H,2,10H2,1H3,(H,19,20). The minimum Gasteiger partial charge on any atom is -0.375 e. The van der Waals surface area contributed by atoms with Gasteiger partial charge in [0.1, 0.15) is 5.82 Å². The summed E-state index contributed by atoms with van der Waals surface area (Å²) in [6, 6.07) is 15.2. The molecule has 3 nitrogen and oxygen atoms in total. The fraction of sp³-hybridized carbons (Fsp3) is 0.235. The number of rotatable bonds is 2. The van der Waals surface area contributed by atoms with Crippen molar-refractivity contribution in [2.24, 2.45) is 0 Å². The molecule has 1 atom stereocenters. The summed E-state index contributed by atoms with van der Waals surface area (Å²) in [5.74, 6) is 1.03. The molecule has 1 aliphatic rings. The van der Waals surface area contributed by atoms with Crippen molar-refractivity contribution < 1.29 is 0 Å². The first-order chi connectivity index (χ1) is 9.83. The minimum absolute atomic E-state index is 0.255. The van der Waals surface area contributed by atoms with E-state index in [2.05, 4.69) is 59.7 Å². The van der Waals surface area contributed by atoms with Crippen LogP contribution in [-0.2, 0) is 12.8 Å². The van der Waals surface area contributed by atoms with Crippen molar-refractivity contribution in [3.63, 3.8) is 0 Å². The lowest BCUT2D eigenvalue weighted by Crippen LogP contribution is -2.07. The topological polar surface area (TPSA) is 40.7 Å². The number of H-pyrrole nitrogens is 1. The normalized spacial score (nSPS) is 17.1. The molecule has 0 fully saturated rings. The molecular weight excluding hydrogens is 246 g/mol. The molecule has 0 radical (unpaired) electrons. The molecule has 3 aromatic rings. The third-order valence-electron chi connectivity index (χ3n) is 4.07. The Balaban J connectivity index is 1.70. The number of hydrogen-bond donors (Lipinski definition) is 2. The summed E-state index contributed by atoms with van der Waals surface area (Å²) in [6.45, 7) is 2.17. The summed E-state index contributed by atoms with van der Waals surface area (Å²) in [4.78, 5) is 8.21. The molecule has 2 N–H and O–H groups in total. The average molecular weight is 263 g/mol. The predicted molar refractivity (Wildman–Crippen MR) is 82.0 cm³/mol. The summed E-state index contributed by atoms with van der Waals surface area (Å²) in [6.07, 6.45) is 2.05. The summed E-state index contributed by atoms with van der Waals surface area (Å²) < 4.78 is 0. The molecule has 2 heterocycles. The highest BCUT2D eigenvalue weighted by Gasteiger charge is 2.24. The lowest BCUT2D eigenvalue weighted by Gasteiger charge is -2.06. The molecule has 2 aromatic carbocycles. The maximum atomic E-state index is 4.74. The van der Waals surface area contributed by atoms with Crippen LogP contribution in [0.4, 0.5) is 5.69 Å². The molecule has 0 amide bonds. The Hall–Kier alpha value is -2.29. The largest absolute Gasteiger partial charge is 0.375 e. The highest BCUT2D eigenvalue weighted by Crippen LogP contribution is 2.33. The molecule has 0 spiro atoms. The summed E-state index contributed by atoms with van der Waals surface area (Å²) in [7, 11) is 0. The van der Waals surface area contributed by atoms with Crippen molar-refractivity contribution in [3.8, 4) is 0 Å². The van der Waals surface area contributed by atoms with E-state index in [1.165, 1.54) is 16.8 Å². The molecule has 20 heavy (non-hydrogen) atoms. The second kappa shape index (κ2) is 4.37. The van der Waals surface area contributed by atoms with Crippen molar-refractivity contribution in [1.29, 1.82) is 0 Å². The Kier molecular flexibility index (Phi) is 2.52. The van der Waals surface area contributed by atoms with Gasteiger partial charge in [-0.3, -0.25) is 0 Å². The van der Waals surface area contributed by atoms with Gasteiger partial charge in [-0.15, -0.1) is 0 Å². The van der Waals surface area contributed by atoms with Crippen molar-refractivity contribution in [1.82, 2.24) is 9.97 Å². The number of anilines is 1. The third-order valence-corrected chi connectivity index (χ3v) is 4.07. The fourth-order valence-corrected chi connectivity index (χ4v) is 2.92. The Bertz CT molecular complexity index is 748. The summed E-state index contributed by atoms with van der Waals surface area (Å²) >= 11 is 0. The monoisotopic (exact) mass is 263 g/mol. The van der Waals surface area contributed by atoms with E-state index in [0.717, 1.165) is 29.7 Å². The van der Waals surface area contributed by atoms with E-state index in [-0.39, 0.29) is 6.04 Å². The molecule has 1 aromatic heterocycles. The Labute approximate surface area is 118 Å². The van der Waals surface area contributed by atoms with Gasteiger partial charge in [-0.2, -0.15) is 0 Å².